The Hall–Kier alpha value is -1.50. The van der Waals surface area contributed by atoms with E-state index in [0.717, 1.165) is 5.01 Å². The standard InChI is InChI=1S/C11H11ClN4OS/c1-6(13)11-16-9(5-18-11)10(17)15-8-4-14-3-2-7(8)12/h2-6H,13H2,1H3,(H,15,17). The van der Waals surface area contributed by atoms with Gasteiger partial charge in [0.1, 0.15) is 10.7 Å². The van der Waals surface area contributed by atoms with Crippen molar-refractivity contribution in [2.45, 2.75) is 13.0 Å². The van der Waals surface area contributed by atoms with Gasteiger partial charge in [0, 0.05) is 11.6 Å². The highest BCUT2D eigenvalue weighted by Gasteiger charge is 2.13. The van der Waals surface area contributed by atoms with Crippen LogP contribution in [0.5, 0.6) is 0 Å². The molecular weight excluding hydrogens is 272 g/mol. The van der Waals surface area contributed by atoms with Crippen LogP contribution in [0.15, 0.2) is 23.8 Å². The molecule has 18 heavy (non-hydrogen) atoms. The van der Waals surface area contributed by atoms with Crippen LogP contribution in [0, 0.1) is 0 Å². The van der Waals surface area contributed by atoms with E-state index in [-0.39, 0.29) is 11.9 Å². The summed E-state index contributed by atoms with van der Waals surface area (Å²) in [7, 11) is 0. The quantitative estimate of drug-likeness (QED) is 0.906. The lowest BCUT2D eigenvalue weighted by Gasteiger charge is -2.04. The number of nitrogens with two attached hydrogens (primary N) is 1. The minimum atomic E-state index is -0.326. The summed E-state index contributed by atoms with van der Waals surface area (Å²) in [6, 6.07) is 1.42. The molecule has 2 rings (SSSR count). The van der Waals surface area contributed by atoms with E-state index >= 15 is 0 Å². The Morgan fingerprint density at radius 2 is 2.39 bits per heavy atom. The van der Waals surface area contributed by atoms with Crippen molar-refractivity contribution in [1.82, 2.24) is 9.97 Å². The second-order valence-corrected chi connectivity index (χ2v) is 4.97. The Balaban J connectivity index is 2.15. The summed E-state index contributed by atoms with van der Waals surface area (Å²) in [5.74, 6) is -0.326. The van der Waals surface area contributed by atoms with Gasteiger partial charge in [-0.2, -0.15) is 0 Å². The molecule has 0 radical (unpaired) electrons. The molecule has 0 spiro atoms. The first kappa shape index (κ1) is 12.9. The largest absolute Gasteiger partial charge is 0.322 e. The zero-order valence-electron chi connectivity index (χ0n) is 9.55. The first-order valence-corrected chi connectivity index (χ1v) is 6.45. The van der Waals surface area contributed by atoms with Crippen LogP contribution in [0.1, 0.15) is 28.5 Å². The molecule has 0 aliphatic heterocycles. The van der Waals surface area contributed by atoms with E-state index in [0.29, 0.717) is 16.4 Å². The predicted octanol–water partition coefficient (Wildman–Crippen LogP) is 2.46. The molecule has 2 aromatic heterocycles. The molecule has 0 bridgehead atoms. The van der Waals surface area contributed by atoms with Crippen LogP contribution < -0.4 is 11.1 Å². The summed E-state index contributed by atoms with van der Waals surface area (Å²) < 4.78 is 0. The van der Waals surface area contributed by atoms with Crippen LogP contribution in [-0.2, 0) is 0 Å². The summed E-state index contributed by atoms with van der Waals surface area (Å²) in [4.78, 5) is 20.0. The van der Waals surface area contributed by atoms with E-state index in [4.69, 9.17) is 17.3 Å². The van der Waals surface area contributed by atoms with E-state index in [9.17, 15) is 4.79 Å². The Morgan fingerprint density at radius 1 is 1.61 bits per heavy atom. The molecule has 3 N–H and O–H groups in total. The number of rotatable bonds is 3. The smallest absolute Gasteiger partial charge is 0.275 e. The zero-order chi connectivity index (χ0) is 13.1. The molecule has 1 unspecified atom stereocenters. The monoisotopic (exact) mass is 282 g/mol. The average molecular weight is 283 g/mol. The number of anilines is 1. The number of hydrogen-bond donors (Lipinski definition) is 2. The van der Waals surface area contributed by atoms with Gasteiger partial charge < -0.3 is 11.1 Å². The van der Waals surface area contributed by atoms with Crippen LogP contribution in [0.2, 0.25) is 5.02 Å². The molecule has 7 heteroatoms. The number of nitrogens with zero attached hydrogens (tertiary/aromatic N) is 2. The van der Waals surface area contributed by atoms with Crippen molar-refractivity contribution in [3.05, 3.63) is 39.6 Å². The summed E-state index contributed by atoms with van der Waals surface area (Å²) in [6.45, 7) is 1.82. The highest BCUT2D eigenvalue weighted by atomic mass is 35.5. The maximum absolute atomic E-state index is 11.9. The summed E-state index contributed by atoms with van der Waals surface area (Å²) >= 11 is 7.27. The summed E-state index contributed by atoms with van der Waals surface area (Å²) in [6.07, 6.45) is 3.04. The van der Waals surface area contributed by atoms with Crippen LogP contribution >= 0.6 is 22.9 Å². The number of halogens is 1. The number of thiazole rings is 1. The van der Waals surface area contributed by atoms with Crippen LogP contribution in [-0.4, -0.2) is 15.9 Å². The van der Waals surface area contributed by atoms with Crippen molar-refractivity contribution >= 4 is 34.5 Å². The van der Waals surface area contributed by atoms with Crippen molar-refractivity contribution in [3.8, 4) is 0 Å². The number of pyridine rings is 1. The summed E-state index contributed by atoms with van der Waals surface area (Å²) in [5.41, 5.74) is 6.47. The van der Waals surface area contributed by atoms with Gasteiger partial charge >= 0.3 is 0 Å². The number of carbonyl (C=O) groups excluding carboxylic acids is 1. The third-order valence-corrected chi connectivity index (χ3v) is 3.54. The molecule has 94 valence electrons. The Kier molecular flexibility index (Phi) is 3.90. The Labute approximate surface area is 113 Å². The lowest BCUT2D eigenvalue weighted by molar-refractivity contribution is 0.102. The average Bonchev–Trinajstić information content (AvgIpc) is 2.81. The van der Waals surface area contributed by atoms with E-state index in [1.807, 2.05) is 6.92 Å². The lowest BCUT2D eigenvalue weighted by atomic mass is 10.3. The number of aromatic nitrogens is 2. The SMILES string of the molecule is CC(N)c1nc(C(=O)Nc2cnccc2Cl)cs1. The van der Waals surface area contributed by atoms with Gasteiger partial charge in [0.15, 0.2) is 0 Å². The van der Waals surface area contributed by atoms with Crippen molar-refractivity contribution in [1.29, 1.82) is 0 Å². The molecule has 0 saturated heterocycles. The van der Waals surface area contributed by atoms with Crippen LogP contribution in [0.25, 0.3) is 0 Å². The molecule has 2 aromatic rings. The van der Waals surface area contributed by atoms with E-state index in [1.165, 1.54) is 17.5 Å². The van der Waals surface area contributed by atoms with Gasteiger partial charge in [-0.1, -0.05) is 11.6 Å². The molecule has 0 aromatic carbocycles. The predicted molar refractivity (Wildman–Crippen MR) is 71.9 cm³/mol. The van der Waals surface area contributed by atoms with Gasteiger partial charge in [-0.25, -0.2) is 4.98 Å². The molecule has 0 saturated carbocycles. The molecule has 2 heterocycles. The van der Waals surface area contributed by atoms with Crippen LogP contribution in [0.4, 0.5) is 5.69 Å². The maximum Gasteiger partial charge on any atom is 0.275 e. The van der Waals surface area contributed by atoms with Crippen molar-refractivity contribution in [2.24, 2.45) is 5.73 Å². The van der Waals surface area contributed by atoms with Gasteiger partial charge in [0.05, 0.1) is 22.9 Å². The normalized spacial score (nSPS) is 12.2. The number of carbonyl (C=O) groups is 1. The fraction of sp³-hybridized carbons (Fsp3) is 0.182. The fourth-order valence-corrected chi connectivity index (χ4v) is 2.17. The summed E-state index contributed by atoms with van der Waals surface area (Å²) in [5, 5.41) is 5.47. The fourth-order valence-electron chi connectivity index (χ4n) is 1.26. The van der Waals surface area contributed by atoms with Crippen molar-refractivity contribution < 1.29 is 4.79 Å². The van der Waals surface area contributed by atoms with E-state index < -0.39 is 0 Å². The first-order valence-electron chi connectivity index (χ1n) is 5.20. The highest BCUT2D eigenvalue weighted by Crippen LogP contribution is 2.21. The first-order chi connectivity index (χ1) is 8.58. The molecule has 5 nitrogen and oxygen atoms in total. The minimum Gasteiger partial charge on any atom is -0.322 e. The van der Waals surface area contributed by atoms with E-state index in [2.05, 4.69) is 15.3 Å². The molecule has 0 aliphatic rings. The van der Waals surface area contributed by atoms with Crippen molar-refractivity contribution in [3.63, 3.8) is 0 Å². The Morgan fingerprint density at radius 3 is 3.00 bits per heavy atom. The molecule has 1 amide bonds. The molecule has 1 atom stereocenters. The van der Waals surface area contributed by atoms with Gasteiger partial charge in [-0.3, -0.25) is 9.78 Å². The lowest BCUT2D eigenvalue weighted by Crippen LogP contribution is -2.13. The second kappa shape index (κ2) is 5.43. The second-order valence-electron chi connectivity index (χ2n) is 3.67. The van der Waals surface area contributed by atoms with E-state index in [1.54, 1.807) is 17.6 Å². The maximum atomic E-state index is 11.9. The van der Waals surface area contributed by atoms with Gasteiger partial charge in [0.2, 0.25) is 0 Å². The number of nitrogens with one attached hydrogen (secondary N) is 1. The molecule has 0 fully saturated rings. The third-order valence-electron chi connectivity index (χ3n) is 2.16. The van der Waals surface area contributed by atoms with Crippen molar-refractivity contribution in [2.75, 3.05) is 5.32 Å². The third kappa shape index (κ3) is 2.84. The van der Waals surface area contributed by atoms with Gasteiger partial charge in [0.25, 0.3) is 5.91 Å². The van der Waals surface area contributed by atoms with Gasteiger partial charge in [-0.15, -0.1) is 11.3 Å². The Bertz CT molecular complexity index is 570. The van der Waals surface area contributed by atoms with Crippen LogP contribution in [0.3, 0.4) is 0 Å². The molecule has 0 aliphatic carbocycles. The minimum absolute atomic E-state index is 0.182. The molecular formula is C11H11ClN4OS. The number of amides is 1. The number of hydrogen-bond acceptors (Lipinski definition) is 5. The highest BCUT2D eigenvalue weighted by molar-refractivity contribution is 7.09. The topological polar surface area (TPSA) is 80.9 Å². The zero-order valence-corrected chi connectivity index (χ0v) is 11.1. The van der Waals surface area contributed by atoms with Gasteiger partial charge in [-0.05, 0) is 13.0 Å².